The van der Waals surface area contributed by atoms with Gasteiger partial charge in [-0.2, -0.15) is 0 Å². The first kappa shape index (κ1) is 18.1. The number of esters is 1. The van der Waals surface area contributed by atoms with Crippen molar-refractivity contribution >= 4 is 32.8 Å². The molecule has 6 nitrogen and oxygen atoms in total. The van der Waals surface area contributed by atoms with Gasteiger partial charge in [-0.25, -0.2) is 9.78 Å². The van der Waals surface area contributed by atoms with Crippen LogP contribution in [-0.4, -0.2) is 46.2 Å². The van der Waals surface area contributed by atoms with Crippen molar-refractivity contribution in [2.45, 2.75) is 39.3 Å². The maximum Gasteiger partial charge on any atom is 0.343 e. The Kier molecular flexibility index (Phi) is 5.54. The number of halogens is 1. The van der Waals surface area contributed by atoms with Crippen molar-refractivity contribution in [3.05, 3.63) is 38.9 Å². The summed E-state index contributed by atoms with van der Waals surface area (Å²) in [5.41, 5.74) is 0.504. The van der Waals surface area contributed by atoms with Gasteiger partial charge in [0.15, 0.2) is 0 Å². The van der Waals surface area contributed by atoms with E-state index >= 15 is 0 Å². The van der Waals surface area contributed by atoms with Gasteiger partial charge in [0.25, 0.3) is 0 Å². The molecule has 2 aromatic rings. The van der Waals surface area contributed by atoms with Crippen molar-refractivity contribution in [3.63, 3.8) is 0 Å². The van der Waals surface area contributed by atoms with Gasteiger partial charge in [0.2, 0.25) is 5.43 Å². The number of rotatable bonds is 5. The van der Waals surface area contributed by atoms with Crippen molar-refractivity contribution < 1.29 is 9.53 Å². The lowest BCUT2D eigenvalue weighted by Crippen LogP contribution is -2.33. The van der Waals surface area contributed by atoms with Crippen molar-refractivity contribution in [2.75, 3.05) is 19.7 Å². The third-order valence-corrected chi connectivity index (χ3v) is 5.17. The molecule has 0 N–H and O–H groups in total. The van der Waals surface area contributed by atoms with E-state index in [-0.39, 0.29) is 17.6 Å². The van der Waals surface area contributed by atoms with E-state index in [9.17, 15) is 9.59 Å². The van der Waals surface area contributed by atoms with Crippen LogP contribution in [0.4, 0.5) is 0 Å². The van der Waals surface area contributed by atoms with Crippen LogP contribution in [0.5, 0.6) is 0 Å². The molecule has 0 saturated carbocycles. The summed E-state index contributed by atoms with van der Waals surface area (Å²) in [6.07, 6.45) is 5.59. The third kappa shape index (κ3) is 3.62. The first-order chi connectivity index (χ1) is 12.0. The zero-order valence-corrected chi connectivity index (χ0v) is 16.1. The van der Waals surface area contributed by atoms with E-state index in [2.05, 4.69) is 32.7 Å². The lowest BCUT2D eigenvalue weighted by atomic mass is 10.1. The molecular formula is C18H22BrN3O3. The van der Waals surface area contributed by atoms with Crippen LogP contribution in [0.1, 0.15) is 37.0 Å². The number of hydrogen-bond donors (Lipinski definition) is 0. The van der Waals surface area contributed by atoms with Crippen LogP contribution in [0.15, 0.2) is 27.9 Å². The first-order valence-electron chi connectivity index (χ1n) is 8.65. The predicted octanol–water partition coefficient (Wildman–Crippen LogP) is 2.82. The number of likely N-dealkylation sites (N-methyl/N-ethyl adjacent to an activating group) is 1. The van der Waals surface area contributed by atoms with E-state index in [1.165, 1.54) is 6.42 Å². The number of hydrogen-bond acceptors (Lipinski definition) is 5. The molecule has 134 valence electrons. The molecule has 1 saturated heterocycles. The van der Waals surface area contributed by atoms with Crippen LogP contribution in [-0.2, 0) is 11.3 Å². The normalized spacial score (nSPS) is 18.0. The van der Waals surface area contributed by atoms with Gasteiger partial charge < -0.3 is 9.30 Å². The molecule has 25 heavy (non-hydrogen) atoms. The van der Waals surface area contributed by atoms with E-state index in [0.29, 0.717) is 16.0 Å². The molecule has 0 bridgehead atoms. The summed E-state index contributed by atoms with van der Waals surface area (Å²) in [6.45, 7) is 6.94. The van der Waals surface area contributed by atoms with Gasteiger partial charge in [-0.15, -0.1) is 0 Å². The Morgan fingerprint density at radius 3 is 2.96 bits per heavy atom. The average molecular weight is 408 g/mol. The van der Waals surface area contributed by atoms with Crippen molar-refractivity contribution in [2.24, 2.45) is 0 Å². The SMILES string of the molecule is CCOC(=O)c1cn(C[C@H]2CCCN2CC)c2cnc(Br)cc2c1=O. The van der Waals surface area contributed by atoms with Gasteiger partial charge in [-0.1, -0.05) is 6.92 Å². The summed E-state index contributed by atoms with van der Waals surface area (Å²) in [6, 6.07) is 2.07. The highest BCUT2D eigenvalue weighted by atomic mass is 79.9. The Balaban J connectivity index is 2.11. The van der Waals surface area contributed by atoms with Crippen LogP contribution in [0.3, 0.4) is 0 Å². The molecule has 0 radical (unpaired) electrons. The second-order valence-corrected chi connectivity index (χ2v) is 7.01. The molecule has 0 amide bonds. The molecule has 1 aliphatic rings. The smallest absolute Gasteiger partial charge is 0.343 e. The number of nitrogens with zero attached hydrogens (tertiary/aromatic N) is 3. The van der Waals surface area contributed by atoms with Gasteiger partial charge in [-0.05, 0) is 54.9 Å². The standard InChI is InChI=1S/C18H22BrN3O3/c1-3-21-7-5-6-12(21)10-22-11-14(18(24)25-4-2)17(23)13-8-16(19)20-9-15(13)22/h8-9,11-12H,3-7,10H2,1-2H3/t12-/m1/s1. The quantitative estimate of drug-likeness (QED) is 0.563. The number of fused-ring (bicyclic) bond motifs is 1. The topological polar surface area (TPSA) is 64.4 Å². The monoisotopic (exact) mass is 407 g/mol. The summed E-state index contributed by atoms with van der Waals surface area (Å²) < 4.78 is 7.61. The van der Waals surface area contributed by atoms with E-state index < -0.39 is 5.97 Å². The molecule has 0 aromatic carbocycles. The molecule has 7 heteroatoms. The third-order valence-electron chi connectivity index (χ3n) is 4.74. The Morgan fingerprint density at radius 1 is 1.44 bits per heavy atom. The second kappa shape index (κ2) is 7.66. The van der Waals surface area contributed by atoms with Crippen molar-refractivity contribution in [3.8, 4) is 0 Å². The fourth-order valence-electron chi connectivity index (χ4n) is 3.51. The molecule has 1 aliphatic heterocycles. The summed E-state index contributed by atoms with van der Waals surface area (Å²) in [7, 11) is 0. The van der Waals surface area contributed by atoms with E-state index in [1.54, 1.807) is 25.4 Å². The number of carbonyl (C=O) groups is 1. The second-order valence-electron chi connectivity index (χ2n) is 6.19. The minimum Gasteiger partial charge on any atom is -0.462 e. The minimum absolute atomic E-state index is 0.0773. The number of carbonyl (C=O) groups excluding carboxylic acids is 1. The highest BCUT2D eigenvalue weighted by Gasteiger charge is 2.25. The maximum atomic E-state index is 12.7. The average Bonchev–Trinajstić information content (AvgIpc) is 3.04. The molecule has 0 spiro atoms. The zero-order chi connectivity index (χ0) is 18.0. The Morgan fingerprint density at radius 2 is 2.24 bits per heavy atom. The van der Waals surface area contributed by atoms with Gasteiger partial charge in [0.05, 0.1) is 23.7 Å². The molecule has 1 fully saturated rings. The molecular weight excluding hydrogens is 386 g/mol. The van der Waals surface area contributed by atoms with Crippen LogP contribution in [0, 0.1) is 0 Å². The van der Waals surface area contributed by atoms with Gasteiger partial charge in [0, 0.05) is 18.8 Å². The van der Waals surface area contributed by atoms with Gasteiger partial charge in [0.1, 0.15) is 10.2 Å². The Bertz CT molecular complexity index is 849. The fourth-order valence-corrected chi connectivity index (χ4v) is 3.84. The van der Waals surface area contributed by atoms with E-state index in [0.717, 1.165) is 31.6 Å². The zero-order valence-electron chi connectivity index (χ0n) is 14.5. The lowest BCUT2D eigenvalue weighted by Gasteiger charge is -2.25. The largest absolute Gasteiger partial charge is 0.462 e. The van der Waals surface area contributed by atoms with Crippen LogP contribution < -0.4 is 5.43 Å². The molecule has 3 rings (SSSR count). The van der Waals surface area contributed by atoms with Crippen molar-refractivity contribution in [1.82, 2.24) is 14.5 Å². The number of aromatic nitrogens is 2. The predicted molar refractivity (Wildman–Crippen MR) is 99.9 cm³/mol. The van der Waals surface area contributed by atoms with Crippen LogP contribution >= 0.6 is 15.9 Å². The van der Waals surface area contributed by atoms with Crippen molar-refractivity contribution in [1.29, 1.82) is 0 Å². The highest BCUT2D eigenvalue weighted by Crippen LogP contribution is 2.22. The first-order valence-corrected chi connectivity index (χ1v) is 9.44. The van der Waals surface area contributed by atoms with Crippen LogP contribution in [0.2, 0.25) is 0 Å². The number of ether oxygens (including phenoxy) is 1. The molecule has 2 aromatic heterocycles. The van der Waals surface area contributed by atoms with E-state index in [4.69, 9.17) is 4.74 Å². The maximum absolute atomic E-state index is 12.7. The summed E-state index contributed by atoms with van der Waals surface area (Å²) >= 11 is 3.31. The molecule has 3 heterocycles. The summed E-state index contributed by atoms with van der Waals surface area (Å²) in [4.78, 5) is 31.7. The Hall–Kier alpha value is -1.73. The lowest BCUT2D eigenvalue weighted by molar-refractivity contribution is 0.0524. The molecule has 0 aliphatic carbocycles. The highest BCUT2D eigenvalue weighted by molar-refractivity contribution is 9.10. The minimum atomic E-state index is -0.574. The Labute approximate surface area is 154 Å². The number of pyridine rings is 2. The summed E-state index contributed by atoms with van der Waals surface area (Å²) in [5.74, 6) is -0.574. The molecule has 1 atom stereocenters. The molecule has 0 unspecified atom stereocenters. The van der Waals surface area contributed by atoms with Gasteiger partial charge >= 0.3 is 5.97 Å². The fraction of sp³-hybridized carbons (Fsp3) is 0.500. The number of likely N-dealkylation sites (tertiary alicyclic amines) is 1. The van der Waals surface area contributed by atoms with Gasteiger partial charge in [-0.3, -0.25) is 9.69 Å². The van der Waals surface area contributed by atoms with E-state index in [1.807, 2.05) is 4.57 Å². The summed E-state index contributed by atoms with van der Waals surface area (Å²) in [5, 5.41) is 0.480. The van der Waals surface area contributed by atoms with Crippen LogP contribution in [0.25, 0.3) is 10.9 Å².